The van der Waals surface area contributed by atoms with Gasteiger partial charge >= 0.3 is 5.97 Å². The van der Waals surface area contributed by atoms with Gasteiger partial charge in [-0.1, -0.05) is 12.0 Å². The third-order valence-corrected chi connectivity index (χ3v) is 5.35. The Kier molecular flexibility index (Phi) is 7.00. The largest absolute Gasteiger partial charge is 0.493 e. The van der Waals surface area contributed by atoms with Gasteiger partial charge in [-0.15, -0.1) is 6.42 Å². The molecule has 1 fully saturated rings. The summed E-state index contributed by atoms with van der Waals surface area (Å²) in [7, 11) is 1.53. The van der Waals surface area contributed by atoms with E-state index in [0.717, 1.165) is 5.56 Å². The molecule has 0 saturated carbocycles. The number of amidine groups is 1. The van der Waals surface area contributed by atoms with Crippen molar-refractivity contribution in [2.24, 2.45) is 4.99 Å². The van der Waals surface area contributed by atoms with Crippen molar-refractivity contribution >= 4 is 40.6 Å². The fraction of sp³-hybridized carbons (Fsp3) is 0.174. The van der Waals surface area contributed by atoms with Crippen LogP contribution in [0.1, 0.15) is 22.8 Å². The number of hydrogen-bond acceptors (Lipinski definition) is 6. The van der Waals surface area contributed by atoms with Gasteiger partial charge in [0.2, 0.25) is 0 Å². The number of thioether (sulfide) groups is 1. The van der Waals surface area contributed by atoms with Gasteiger partial charge in [-0.25, -0.2) is 9.79 Å². The number of carbonyl (C=O) groups excluding carboxylic acids is 1. The lowest BCUT2D eigenvalue weighted by atomic mass is 10.2. The quantitative estimate of drug-likeness (QED) is 0.521. The Hall–Kier alpha value is -3.70. The SMILES string of the molecule is C#CCOc1ccc(C=C2SC(=Nc3ccc(C(=O)O)cc3)N(CC)C2=O)cc1OC. The minimum Gasteiger partial charge on any atom is -0.493 e. The first-order valence-corrected chi connectivity index (χ1v) is 10.2. The van der Waals surface area contributed by atoms with Crippen molar-refractivity contribution in [2.75, 3.05) is 20.3 Å². The van der Waals surface area contributed by atoms with Gasteiger partial charge in [0.05, 0.1) is 23.3 Å². The summed E-state index contributed by atoms with van der Waals surface area (Å²) in [5, 5.41) is 9.55. The van der Waals surface area contributed by atoms with Crippen LogP contribution in [0.15, 0.2) is 52.4 Å². The average Bonchev–Trinajstić information content (AvgIpc) is 3.06. The molecule has 0 atom stereocenters. The normalized spacial score (nSPS) is 15.9. The fourth-order valence-electron chi connectivity index (χ4n) is 2.82. The predicted molar refractivity (Wildman–Crippen MR) is 121 cm³/mol. The molecule has 1 aliphatic heterocycles. The number of aliphatic imine (C=N–C) groups is 1. The van der Waals surface area contributed by atoms with Crippen LogP contribution in [0.5, 0.6) is 11.5 Å². The molecule has 2 aromatic rings. The molecule has 0 unspecified atom stereocenters. The zero-order chi connectivity index (χ0) is 22.4. The van der Waals surface area contributed by atoms with Gasteiger partial charge in [-0.3, -0.25) is 9.69 Å². The molecule has 1 aliphatic rings. The summed E-state index contributed by atoms with van der Waals surface area (Å²) in [5.74, 6) is 2.29. The molecule has 0 radical (unpaired) electrons. The lowest BCUT2D eigenvalue weighted by Crippen LogP contribution is -2.28. The molecule has 158 valence electrons. The topological polar surface area (TPSA) is 88.4 Å². The van der Waals surface area contributed by atoms with E-state index in [1.54, 1.807) is 35.2 Å². The number of hydrogen-bond donors (Lipinski definition) is 1. The minimum absolute atomic E-state index is 0.129. The smallest absolute Gasteiger partial charge is 0.335 e. The van der Waals surface area contributed by atoms with Gasteiger partial charge < -0.3 is 14.6 Å². The first kappa shape index (κ1) is 22.0. The first-order valence-electron chi connectivity index (χ1n) is 9.34. The molecule has 1 N–H and O–H groups in total. The molecular weight excluding hydrogens is 416 g/mol. The van der Waals surface area contributed by atoms with Crippen molar-refractivity contribution < 1.29 is 24.2 Å². The molecule has 1 heterocycles. The molecule has 0 aromatic heterocycles. The maximum Gasteiger partial charge on any atom is 0.335 e. The summed E-state index contributed by atoms with van der Waals surface area (Å²) in [4.78, 5) is 30.5. The standard InChI is InChI=1S/C23H20N2O5S/c1-4-12-30-18-11-6-15(13-19(18)29-3)14-20-21(26)25(5-2)23(31-20)24-17-9-7-16(8-10-17)22(27)28/h1,6-11,13-14H,5,12H2,2-3H3,(H,27,28). The molecule has 3 rings (SSSR count). The van der Waals surface area contributed by atoms with Gasteiger partial charge in [-0.2, -0.15) is 0 Å². The van der Waals surface area contributed by atoms with E-state index in [1.165, 1.54) is 31.0 Å². The van der Waals surface area contributed by atoms with Crippen molar-refractivity contribution in [3.8, 4) is 23.8 Å². The lowest BCUT2D eigenvalue weighted by Gasteiger charge is -2.12. The maximum atomic E-state index is 12.8. The summed E-state index contributed by atoms with van der Waals surface area (Å²) in [5.41, 5.74) is 1.51. The van der Waals surface area contributed by atoms with Gasteiger partial charge in [0.25, 0.3) is 5.91 Å². The predicted octanol–water partition coefficient (Wildman–Crippen LogP) is 4.03. The van der Waals surface area contributed by atoms with Crippen LogP contribution in [-0.4, -0.2) is 47.3 Å². The summed E-state index contributed by atoms with van der Waals surface area (Å²) in [6.45, 7) is 2.45. The fourth-order valence-corrected chi connectivity index (χ4v) is 3.89. The van der Waals surface area contributed by atoms with E-state index in [0.29, 0.717) is 33.8 Å². The molecule has 31 heavy (non-hydrogen) atoms. The molecule has 0 bridgehead atoms. The second-order valence-electron chi connectivity index (χ2n) is 6.31. The highest BCUT2D eigenvalue weighted by atomic mass is 32.2. The number of methoxy groups -OCH3 is 1. The van der Waals surface area contributed by atoms with E-state index < -0.39 is 5.97 Å². The van der Waals surface area contributed by atoms with Crippen LogP contribution in [0.4, 0.5) is 5.69 Å². The number of carbonyl (C=O) groups is 2. The zero-order valence-electron chi connectivity index (χ0n) is 17.0. The van der Waals surface area contributed by atoms with E-state index in [2.05, 4.69) is 10.9 Å². The number of amides is 1. The number of terminal acetylenes is 1. The summed E-state index contributed by atoms with van der Waals surface area (Å²) >= 11 is 1.26. The lowest BCUT2D eigenvalue weighted by molar-refractivity contribution is -0.122. The van der Waals surface area contributed by atoms with Gasteiger partial charge in [0.1, 0.15) is 6.61 Å². The third-order valence-electron chi connectivity index (χ3n) is 4.34. The molecule has 2 aromatic carbocycles. The number of carboxylic acids is 1. The Morgan fingerprint density at radius 1 is 1.26 bits per heavy atom. The minimum atomic E-state index is -1.00. The molecule has 8 heteroatoms. The molecule has 7 nitrogen and oxygen atoms in total. The van der Waals surface area contributed by atoms with Gasteiger partial charge in [0.15, 0.2) is 16.7 Å². The Bertz CT molecular complexity index is 1100. The molecule has 0 spiro atoms. The second-order valence-corrected chi connectivity index (χ2v) is 7.32. The number of rotatable bonds is 7. The highest BCUT2D eigenvalue weighted by Crippen LogP contribution is 2.35. The van der Waals surface area contributed by atoms with E-state index in [-0.39, 0.29) is 18.1 Å². The second kappa shape index (κ2) is 9.87. The van der Waals surface area contributed by atoms with Crippen molar-refractivity contribution in [3.63, 3.8) is 0 Å². The first-order chi connectivity index (χ1) is 15.0. The number of aromatic carboxylic acids is 1. The highest BCUT2D eigenvalue weighted by Gasteiger charge is 2.32. The molecule has 1 saturated heterocycles. The summed E-state index contributed by atoms with van der Waals surface area (Å²) < 4.78 is 10.8. The van der Waals surface area contributed by atoms with E-state index in [1.807, 2.05) is 13.0 Å². The van der Waals surface area contributed by atoms with Crippen LogP contribution in [0.2, 0.25) is 0 Å². The summed E-state index contributed by atoms with van der Waals surface area (Å²) in [6, 6.07) is 11.5. The van der Waals surface area contributed by atoms with Crippen LogP contribution >= 0.6 is 11.8 Å². The molecular formula is C23H20N2O5S. The summed E-state index contributed by atoms with van der Waals surface area (Å²) in [6.07, 6.45) is 6.99. The van der Waals surface area contributed by atoms with Crippen molar-refractivity contribution in [2.45, 2.75) is 6.92 Å². The Balaban J connectivity index is 1.87. The van der Waals surface area contributed by atoms with Crippen LogP contribution in [0.3, 0.4) is 0 Å². The van der Waals surface area contributed by atoms with Gasteiger partial charge in [0, 0.05) is 6.54 Å². The Labute approximate surface area is 184 Å². The number of benzene rings is 2. The average molecular weight is 436 g/mol. The van der Waals surface area contributed by atoms with Crippen molar-refractivity contribution in [3.05, 3.63) is 58.5 Å². The number of nitrogens with zero attached hydrogens (tertiary/aromatic N) is 2. The number of carboxylic acid groups (broad SMARTS) is 1. The number of likely N-dealkylation sites (N-methyl/N-ethyl adjacent to an activating group) is 1. The van der Waals surface area contributed by atoms with Crippen LogP contribution in [-0.2, 0) is 4.79 Å². The Morgan fingerprint density at radius 3 is 2.61 bits per heavy atom. The zero-order valence-corrected chi connectivity index (χ0v) is 17.8. The molecule has 1 amide bonds. The monoisotopic (exact) mass is 436 g/mol. The van der Waals surface area contributed by atoms with Crippen LogP contribution < -0.4 is 9.47 Å². The van der Waals surface area contributed by atoms with E-state index in [4.69, 9.17) is 21.0 Å². The molecule has 0 aliphatic carbocycles. The highest BCUT2D eigenvalue weighted by molar-refractivity contribution is 8.18. The van der Waals surface area contributed by atoms with Crippen LogP contribution in [0, 0.1) is 12.3 Å². The van der Waals surface area contributed by atoms with Crippen LogP contribution in [0.25, 0.3) is 6.08 Å². The van der Waals surface area contributed by atoms with E-state index in [9.17, 15) is 9.59 Å². The van der Waals surface area contributed by atoms with Crippen molar-refractivity contribution in [1.82, 2.24) is 4.90 Å². The Morgan fingerprint density at radius 2 is 2.00 bits per heavy atom. The van der Waals surface area contributed by atoms with E-state index >= 15 is 0 Å². The number of ether oxygens (including phenoxy) is 2. The van der Waals surface area contributed by atoms with Crippen molar-refractivity contribution in [1.29, 1.82) is 0 Å². The third kappa shape index (κ3) is 5.08. The maximum absolute atomic E-state index is 12.8. The van der Waals surface area contributed by atoms with Gasteiger partial charge in [-0.05, 0) is 66.7 Å².